The number of benzene rings is 1. The van der Waals surface area contributed by atoms with Gasteiger partial charge in [-0.25, -0.2) is 8.42 Å². The molecule has 1 heterocycles. The molecule has 2 amide bonds. The van der Waals surface area contributed by atoms with Crippen LogP contribution in [-0.2, 0) is 24.3 Å². The molecule has 144 valence electrons. The van der Waals surface area contributed by atoms with Gasteiger partial charge in [-0.05, 0) is 25.0 Å². The van der Waals surface area contributed by atoms with Crippen LogP contribution in [0, 0.1) is 0 Å². The average molecular weight is 383 g/mol. The summed E-state index contributed by atoms with van der Waals surface area (Å²) in [4.78, 5) is 25.5. The van der Waals surface area contributed by atoms with Gasteiger partial charge in [0.1, 0.15) is 6.10 Å². The lowest BCUT2D eigenvalue weighted by Gasteiger charge is -2.19. The van der Waals surface area contributed by atoms with Crippen LogP contribution in [0.15, 0.2) is 35.2 Å². The van der Waals surface area contributed by atoms with Gasteiger partial charge in [0.25, 0.3) is 5.91 Å². The van der Waals surface area contributed by atoms with Crippen LogP contribution in [0.4, 0.5) is 0 Å². The zero-order chi connectivity index (χ0) is 19.3. The molecule has 0 spiro atoms. The van der Waals surface area contributed by atoms with Crippen LogP contribution in [-0.4, -0.2) is 75.9 Å². The van der Waals surface area contributed by atoms with Crippen molar-refractivity contribution in [2.45, 2.75) is 29.9 Å². The predicted octanol–water partition coefficient (Wildman–Crippen LogP) is 0.0591. The number of nitrogens with zero attached hydrogens (tertiary/aromatic N) is 2. The first kappa shape index (κ1) is 20.3. The minimum Gasteiger partial charge on any atom is -0.363 e. The van der Waals surface area contributed by atoms with E-state index in [4.69, 9.17) is 4.74 Å². The van der Waals surface area contributed by atoms with Crippen LogP contribution < -0.4 is 5.32 Å². The molecule has 0 aliphatic carbocycles. The Labute approximate surface area is 154 Å². The molecule has 0 saturated carbocycles. The molecule has 1 aromatic carbocycles. The van der Waals surface area contributed by atoms with Gasteiger partial charge in [0, 0.05) is 27.7 Å². The molecule has 1 aliphatic rings. The van der Waals surface area contributed by atoms with E-state index in [1.54, 1.807) is 32.3 Å². The van der Waals surface area contributed by atoms with E-state index in [1.807, 2.05) is 0 Å². The molecule has 1 N–H and O–H groups in total. The van der Waals surface area contributed by atoms with Crippen molar-refractivity contribution in [1.29, 1.82) is 0 Å². The lowest BCUT2D eigenvalue weighted by Crippen LogP contribution is -2.41. The molecule has 26 heavy (non-hydrogen) atoms. The van der Waals surface area contributed by atoms with Crippen LogP contribution >= 0.6 is 0 Å². The Morgan fingerprint density at radius 3 is 2.42 bits per heavy atom. The van der Waals surface area contributed by atoms with E-state index in [1.165, 1.54) is 24.1 Å². The first-order valence-electron chi connectivity index (χ1n) is 8.36. The summed E-state index contributed by atoms with van der Waals surface area (Å²) in [6, 6.07) is 7.95. The number of sulfonamides is 1. The molecule has 1 aliphatic heterocycles. The largest absolute Gasteiger partial charge is 0.363 e. The van der Waals surface area contributed by atoms with Crippen molar-refractivity contribution in [3.05, 3.63) is 30.3 Å². The average Bonchev–Trinajstić information content (AvgIpc) is 3.08. The van der Waals surface area contributed by atoms with Crippen LogP contribution in [0.25, 0.3) is 0 Å². The van der Waals surface area contributed by atoms with Crippen LogP contribution in [0.2, 0.25) is 0 Å². The number of ether oxygens (including phenoxy) is 1. The Morgan fingerprint density at radius 2 is 1.81 bits per heavy atom. The maximum Gasteiger partial charge on any atom is 0.251 e. The van der Waals surface area contributed by atoms with Gasteiger partial charge in [-0.15, -0.1) is 0 Å². The quantitative estimate of drug-likeness (QED) is 0.718. The van der Waals surface area contributed by atoms with Crippen molar-refractivity contribution in [1.82, 2.24) is 14.5 Å². The van der Waals surface area contributed by atoms with Crippen molar-refractivity contribution in [2.75, 3.05) is 34.2 Å². The summed E-state index contributed by atoms with van der Waals surface area (Å²) in [7, 11) is 0.992. The van der Waals surface area contributed by atoms with E-state index in [0.717, 1.165) is 4.31 Å². The van der Waals surface area contributed by atoms with Gasteiger partial charge < -0.3 is 15.0 Å². The Hall–Kier alpha value is -1.97. The third-order valence-corrected chi connectivity index (χ3v) is 5.99. The standard InChI is InChI=1S/C17H25N3O5S/c1-19(2)17(22)15-10-9-13(25-15)11-18-16(21)12-20(3)26(23,24)14-7-5-4-6-8-14/h4-8,13,15H,9-12H2,1-3H3,(H,18,21)/t13-,15-/m1/s1. The number of likely N-dealkylation sites (N-methyl/N-ethyl adjacent to an activating group) is 2. The number of hydrogen-bond donors (Lipinski definition) is 1. The predicted molar refractivity (Wildman–Crippen MR) is 95.9 cm³/mol. The number of hydrogen-bond acceptors (Lipinski definition) is 5. The summed E-state index contributed by atoms with van der Waals surface area (Å²) in [6.07, 6.45) is 0.555. The van der Waals surface area contributed by atoms with Gasteiger partial charge in [-0.1, -0.05) is 18.2 Å². The fourth-order valence-corrected chi connectivity index (χ4v) is 3.82. The summed E-state index contributed by atoms with van der Waals surface area (Å²) in [6.45, 7) is -0.0424. The number of nitrogens with one attached hydrogen (secondary N) is 1. The van der Waals surface area contributed by atoms with E-state index in [-0.39, 0.29) is 30.0 Å². The van der Waals surface area contributed by atoms with Crippen molar-refractivity contribution in [3.63, 3.8) is 0 Å². The topological polar surface area (TPSA) is 96.0 Å². The molecule has 0 bridgehead atoms. The van der Waals surface area contributed by atoms with Gasteiger partial charge in [-0.2, -0.15) is 4.31 Å². The zero-order valence-electron chi connectivity index (χ0n) is 15.2. The second kappa shape index (κ2) is 8.61. The van der Waals surface area contributed by atoms with Crippen LogP contribution in [0.5, 0.6) is 0 Å². The molecule has 0 radical (unpaired) electrons. The molecule has 1 saturated heterocycles. The normalized spacial score (nSPS) is 20.2. The summed E-state index contributed by atoms with van der Waals surface area (Å²) >= 11 is 0. The monoisotopic (exact) mass is 383 g/mol. The van der Waals surface area contributed by atoms with E-state index in [9.17, 15) is 18.0 Å². The fourth-order valence-electron chi connectivity index (χ4n) is 2.67. The van der Waals surface area contributed by atoms with Crippen LogP contribution in [0.1, 0.15) is 12.8 Å². The second-order valence-electron chi connectivity index (χ2n) is 6.43. The molecule has 9 heteroatoms. The molecule has 2 rings (SSSR count). The van der Waals surface area contributed by atoms with Crippen molar-refractivity contribution >= 4 is 21.8 Å². The molecule has 0 unspecified atom stereocenters. The van der Waals surface area contributed by atoms with E-state index in [2.05, 4.69) is 5.32 Å². The third kappa shape index (κ3) is 5.03. The maximum atomic E-state index is 12.4. The van der Waals surface area contributed by atoms with Gasteiger partial charge in [0.15, 0.2) is 0 Å². The van der Waals surface area contributed by atoms with Gasteiger partial charge in [-0.3, -0.25) is 9.59 Å². The molecule has 8 nitrogen and oxygen atoms in total. The molecule has 1 aromatic rings. The molecular formula is C17H25N3O5S. The maximum absolute atomic E-state index is 12.4. The lowest BCUT2D eigenvalue weighted by atomic mass is 10.2. The second-order valence-corrected chi connectivity index (χ2v) is 8.48. The van der Waals surface area contributed by atoms with E-state index in [0.29, 0.717) is 12.8 Å². The van der Waals surface area contributed by atoms with Crippen molar-refractivity contribution in [2.24, 2.45) is 0 Å². The summed E-state index contributed by atoms with van der Waals surface area (Å²) in [5.74, 6) is -0.509. The van der Waals surface area contributed by atoms with Gasteiger partial charge in [0.05, 0.1) is 17.5 Å². The van der Waals surface area contributed by atoms with Gasteiger partial charge in [0.2, 0.25) is 15.9 Å². The number of rotatable bonds is 7. The summed E-state index contributed by atoms with van der Waals surface area (Å²) in [5.41, 5.74) is 0. The van der Waals surface area contributed by atoms with Crippen molar-refractivity contribution in [3.8, 4) is 0 Å². The third-order valence-electron chi connectivity index (χ3n) is 4.17. The Bertz CT molecular complexity index is 736. The Kier molecular flexibility index (Phi) is 6.74. The van der Waals surface area contributed by atoms with E-state index >= 15 is 0 Å². The molecule has 1 fully saturated rings. The molecular weight excluding hydrogens is 358 g/mol. The summed E-state index contributed by atoms with van der Waals surface area (Å²) in [5, 5.41) is 2.67. The van der Waals surface area contributed by atoms with Gasteiger partial charge >= 0.3 is 0 Å². The highest BCUT2D eigenvalue weighted by molar-refractivity contribution is 7.89. The number of carbonyl (C=O) groups is 2. The first-order chi connectivity index (χ1) is 12.2. The SMILES string of the molecule is CN(C)C(=O)[C@H]1CC[C@H](CNC(=O)CN(C)S(=O)(=O)c2ccccc2)O1. The Balaban J connectivity index is 1.81. The Morgan fingerprint density at radius 1 is 1.15 bits per heavy atom. The van der Waals surface area contributed by atoms with Crippen LogP contribution in [0.3, 0.4) is 0 Å². The number of amides is 2. The first-order valence-corrected chi connectivity index (χ1v) is 9.80. The molecule has 0 aromatic heterocycles. The lowest BCUT2D eigenvalue weighted by molar-refractivity contribution is -0.140. The fraction of sp³-hybridized carbons (Fsp3) is 0.529. The smallest absolute Gasteiger partial charge is 0.251 e. The van der Waals surface area contributed by atoms with E-state index < -0.39 is 22.0 Å². The minimum absolute atomic E-state index is 0.0903. The number of carbonyl (C=O) groups excluding carboxylic acids is 2. The van der Waals surface area contributed by atoms with Crippen molar-refractivity contribution < 1.29 is 22.7 Å². The summed E-state index contributed by atoms with van der Waals surface area (Å²) < 4.78 is 31.4. The molecule has 2 atom stereocenters. The minimum atomic E-state index is -3.71. The highest BCUT2D eigenvalue weighted by Gasteiger charge is 2.32. The highest BCUT2D eigenvalue weighted by Crippen LogP contribution is 2.20. The highest BCUT2D eigenvalue weighted by atomic mass is 32.2. The zero-order valence-corrected chi connectivity index (χ0v) is 16.0.